The van der Waals surface area contributed by atoms with E-state index < -0.39 is 11.2 Å². The molecule has 2 aromatic carbocycles. The largest absolute Gasteiger partial charge is 0.340 e. The van der Waals surface area contributed by atoms with Gasteiger partial charge in [0.15, 0.2) is 11.2 Å². The number of aryl methyl sites for hydroxylation is 3. The molecule has 0 aliphatic carbocycles. The molecule has 1 aliphatic rings. The van der Waals surface area contributed by atoms with Crippen molar-refractivity contribution in [3.63, 3.8) is 0 Å². The first-order chi connectivity index (χ1) is 16.4. The molecule has 176 valence electrons. The SMILES string of the molecule is Cc1ccc(CN2CCN(c3nc4c(c(=O)[nH]c(=O)n4C)n3Cc3ccc(C)cc3)CC2)cc1. The molecule has 0 atom stereocenters. The Hall–Kier alpha value is -3.65. The fourth-order valence-corrected chi connectivity index (χ4v) is 4.55. The van der Waals surface area contributed by atoms with E-state index in [1.165, 1.54) is 21.3 Å². The maximum atomic E-state index is 12.8. The van der Waals surface area contributed by atoms with E-state index in [4.69, 9.17) is 4.98 Å². The number of fused-ring (bicyclic) bond motifs is 1. The highest BCUT2D eigenvalue weighted by Gasteiger charge is 2.25. The monoisotopic (exact) mass is 458 g/mol. The predicted molar refractivity (Wildman–Crippen MR) is 135 cm³/mol. The quantitative estimate of drug-likeness (QED) is 0.497. The van der Waals surface area contributed by atoms with Gasteiger partial charge in [-0.15, -0.1) is 0 Å². The summed E-state index contributed by atoms with van der Waals surface area (Å²) < 4.78 is 3.37. The molecule has 5 rings (SSSR count). The summed E-state index contributed by atoms with van der Waals surface area (Å²) in [5, 5.41) is 0. The number of aromatic nitrogens is 4. The Kier molecular flexibility index (Phi) is 5.83. The second-order valence-corrected chi connectivity index (χ2v) is 9.22. The molecule has 0 amide bonds. The molecule has 3 heterocycles. The first-order valence-corrected chi connectivity index (χ1v) is 11.7. The van der Waals surface area contributed by atoms with E-state index in [0.29, 0.717) is 17.7 Å². The molecule has 0 unspecified atom stereocenters. The number of nitrogens with zero attached hydrogens (tertiary/aromatic N) is 5. The van der Waals surface area contributed by atoms with Crippen molar-refractivity contribution in [1.29, 1.82) is 0 Å². The number of anilines is 1. The van der Waals surface area contributed by atoms with E-state index in [-0.39, 0.29) is 0 Å². The van der Waals surface area contributed by atoms with Gasteiger partial charge in [0, 0.05) is 39.8 Å². The maximum Gasteiger partial charge on any atom is 0.329 e. The Morgan fingerprint density at radius 3 is 1.97 bits per heavy atom. The molecule has 4 aromatic rings. The zero-order chi connectivity index (χ0) is 23.8. The molecule has 0 spiro atoms. The van der Waals surface area contributed by atoms with Gasteiger partial charge in [-0.05, 0) is 25.0 Å². The van der Waals surface area contributed by atoms with Crippen LogP contribution in [0.2, 0.25) is 0 Å². The van der Waals surface area contributed by atoms with E-state index in [1.54, 1.807) is 7.05 Å². The second kappa shape index (κ2) is 8.95. The van der Waals surface area contributed by atoms with Crippen LogP contribution in [0.4, 0.5) is 5.95 Å². The lowest BCUT2D eigenvalue weighted by Gasteiger charge is -2.35. The molecule has 1 fully saturated rings. The molecule has 0 bridgehead atoms. The Balaban J connectivity index is 1.45. The Morgan fingerprint density at radius 1 is 0.824 bits per heavy atom. The minimum atomic E-state index is -0.452. The number of hydrogen-bond acceptors (Lipinski definition) is 5. The predicted octanol–water partition coefficient (Wildman–Crippen LogP) is 2.41. The maximum absolute atomic E-state index is 12.8. The van der Waals surface area contributed by atoms with Gasteiger partial charge in [0.05, 0.1) is 6.54 Å². The van der Waals surface area contributed by atoms with E-state index in [2.05, 4.69) is 77.2 Å². The fourth-order valence-electron chi connectivity index (χ4n) is 4.55. The highest BCUT2D eigenvalue weighted by molar-refractivity contribution is 5.74. The average Bonchev–Trinajstić information content (AvgIpc) is 3.21. The van der Waals surface area contributed by atoms with Gasteiger partial charge in [-0.1, -0.05) is 59.7 Å². The van der Waals surface area contributed by atoms with Gasteiger partial charge in [0.1, 0.15) is 0 Å². The minimum Gasteiger partial charge on any atom is -0.340 e. The molecule has 1 aliphatic heterocycles. The molecular formula is C26H30N6O2. The fraction of sp³-hybridized carbons (Fsp3) is 0.346. The first-order valence-electron chi connectivity index (χ1n) is 11.7. The Morgan fingerprint density at radius 2 is 1.38 bits per heavy atom. The smallest absolute Gasteiger partial charge is 0.329 e. The number of nitrogens with one attached hydrogen (secondary N) is 1. The third kappa shape index (κ3) is 4.28. The number of benzene rings is 2. The lowest BCUT2D eigenvalue weighted by Crippen LogP contribution is -2.46. The van der Waals surface area contributed by atoms with Gasteiger partial charge in [-0.2, -0.15) is 4.98 Å². The van der Waals surface area contributed by atoms with Crippen molar-refractivity contribution in [1.82, 2.24) is 24.0 Å². The molecule has 0 saturated carbocycles. The topological polar surface area (TPSA) is 79.2 Å². The van der Waals surface area contributed by atoms with Crippen LogP contribution in [0, 0.1) is 13.8 Å². The number of imidazole rings is 1. The normalized spacial score (nSPS) is 14.7. The summed E-state index contributed by atoms with van der Waals surface area (Å²) in [5.41, 5.74) is 4.84. The number of rotatable bonds is 5. The van der Waals surface area contributed by atoms with Crippen molar-refractivity contribution in [2.24, 2.45) is 7.05 Å². The number of H-pyrrole nitrogens is 1. The van der Waals surface area contributed by atoms with Crippen molar-refractivity contribution in [3.05, 3.63) is 91.6 Å². The van der Waals surface area contributed by atoms with Crippen molar-refractivity contribution >= 4 is 17.1 Å². The molecular weight excluding hydrogens is 428 g/mol. The zero-order valence-corrected chi connectivity index (χ0v) is 19.9. The van der Waals surface area contributed by atoms with Crippen LogP contribution >= 0.6 is 0 Å². The van der Waals surface area contributed by atoms with E-state index in [9.17, 15) is 9.59 Å². The van der Waals surface area contributed by atoms with Gasteiger partial charge in [0.25, 0.3) is 5.56 Å². The minimum absolute atomic E-state index is 0.401. The van der Waals surface area contributed by atoms with Crippen LogP contribution in [0.15, 0.2) is 58.1 Å². The molecule has 8 nitrogen and oxygen atoms in total. The summed E-state index contributed by atoms with van der Waals surface area (Å²) in [6.45, 7) is 8.99. The van der Waals surface area contributed by atoms with E-state index in [1.807, 2.05) is 4.57 Å². The summed E-state index contributed by atoms with van der Waals surface area (Å²) in [6, 6.07) is 17.0. The lowest BCUT2D eigenvalue weighted by atomic mass is 10.1. The van der Waals surface area contributed by atoms with Crippen LogP contribution in [0.25, 0.3) is 11.2 Å². The second-order valence-electron chi connectivity index (χ2n) is 9.22. The van der Waals surface area contributed by atoms with Gasteiger partial charge in [0.2, 0.25) is 5.95 Å². The van der Waals surface area contributed by atoms with Gasteiger partial charge in [-0.25, -0.2) is 4.79 Å². The van der Waals surface area contributed by atoms with Crippen molar-refractivity contribution in [2.45, 2.75) is 26.9 Å². The first kappa shape index (κ1) is 22.2. The molecule has 2 aromatic heterocycles. The lowest BCUT2D eigenvalue weighted by molar-refractivity contribution is 0.248. The molecule has 0 radical (unpaired) electrons. The summed E-state index contributed by atoms with van der Waals surface area (Å²) in [7, 11) is 1.65. The van der Waals surface area contributed by atoms with Crippen LogP contribution in [-0.4, -0.2) is 50.2 Å². The van der Waals surface area contributed by atoms with Gasteiger partial charge >= 0.3 is 5.69 Å². The van der Waals surface area contributed by atoms with Crippen LogP contribution < -0.4 is 16.1 Å². The highest BCUT2D eigenvalue weighted by Crippen LogP contribution is 2.23. The van der Waals surface area contributed by atoms with Crippen LogP contribution in [-0.2, 0) is 20.1 Å². The summed E-state index contributed by atoms with van der Waals surface area (Å²) in [5.74, 6) is 0.734. The van der Waals surface area contributed by atoms with Crippen molar-refractivity contribution < 1.29 is 0 Å². The Bertz CT molecular complexity index is 1420. The number of hydrogen-bond donors (Lipinski definition) is 1. The van der Waals surface area contributed by atoms with Crippen molar-refractivity contribution in [3.8, 4) is 0 Å². The van der Waals surface area contributed by atoms with Crippen molar-refractivity contribution in [2.75, 3.05) is 31.1 Å². The van der Waals surface area contributed by atoms with E-state index in [0.717, 1.165) is 44.2 Å². The summed E-state index contributed by atoms with van der Waals surface area (Å²) >= 11 is 0. The number of piperazine rings is 1. The summed E-state index contributed by atoms with van der Waals surface area (Å²) in [4.78, 5) is 37.0. The molecule has 1 saturated heterocycles. The average molecular weight is 459 g/mol. The third-order valence-corrected chi connectivity index (χ3v) is 6.63. The van der Waals surface area contributed by atoms with Crippen LogP contribution in [0.3, 0.4) is 0 Å². The van der Waals surface area contributed by atoms with Gasteiger partial charge < -0.3 is 4.90 Å². The molecule has 1 N–H and O–H groups in total. The molecule has 34 heavy (non-hydrogen) atoms. The third-order valence-electron chi connectivity index (χ3n) is 6.63. The Labute approximate surface area is 198 Å². The highest BCUT2D eigenvalue weighted by atomic mass is 16.2. The van der Waals surface area contributed by atoms with Crippen LogP contribution in [0.1, 0.15) is 22.3 Å². The number of aromatic amines is 1. The standard InChI is InChI=1S/C26H30N6O2/c1-18-4-8-20(9-5-18)16-30-12-14-31(15-13-30)25-27-23-22(24(33)28-26(34)29(23)3)32(25)17-21-10-6-19(2)7-11-21/h4-11H,12-17H2,1-3H3,(H,28,33,34). The van der Waals surface area contributed by atoms with E-state index >= 15 is 0 Å². The summed E-state index contributed by atoms with van der Waals surface area (Å²) in [6.07, 6.45) is 0. The zero-order valence-electron chi connectivity index (χ0n) is 19.9. The molecule has 8 heteroatoms. The van der Waals surface area contributed by atoms with Crippen LogP contribution in [0.5, 0.6) is 0 Å². The van der Waals surface area contributed by atoms with Gasteiger partial charge in [-0.3, -0.25) is 23.8 Å².